The van der Waals surface area contributed by atoms with Crippen molar-refractivity contribution in [2.75, 3.05) is 0 Å². The van der Waals surface area contributed by atoms with E-state index >= 15 is 0 Å². The van der Waals surface area contributed by atoms with Gasteiger partial charge in [-0.25, -0.2) is 4.98 Å². The van der Waals surface area contributed by atoms with Crippen LogP contribution in [0, 0.1) is 0 Å². The smallest absolute Gasteiger partial charge is 0.238 e. The topological polar surface area (TPSA) is 48.5 Å². The van der Waals surface area contributed by atoms with E-state index in [0.29, 0.717) is 17.6 Å². The first-order valence-corrected chi connectivity index (χ1v) is 21.9. The zero-order valence-corrected chi connectivity index (χ0v) is 34.4. The van der Waals surface area contributed by atoms with E-state index < -0.39 is 0 Å². The van der Waals surface area contributed by atoms with Gasteiger partial charge in [0, 0.05) is 48.1 Å². The molecule has 0 atom stereocenters. The van der Waals surface area contributed by atoms with Crippen LogP contribution >= 0.6 is 11.3 Å². The molecular formula is C55H39N5S. The number of aromatic nitrogens is 5. The number of rotatable bonds is 8. The molecule has 0 aliphatic carbocycles. The molecule has 290 valence electrons. The minimum Gasteiger partial charge on any atom is -0.306 e. The molecule has 0 aliphatic rings. The van der Waals surface area contributed by atoms with Crippen LogP contribution in [0.3, 0.4) is 0 Å². The van der Waals surface area contributed by atoms with E-state index in [2.05, 4.69) is 180 Å². The summed E-state index contributed by atoms with van der Waals surface area (Å²) in [4.78, 5) is 15.9. The van der Waals surface area contributed by atoms with Crippen LogP contribution in [0.25, 0.3) is 109 Å². The lowest BCUT2D eigenvalue weighted by molar-refractivity contribution is 0.795. The molecule has 0 spiro atoms. The fraction of sp³-hybridized carbons (Fsp3) is 0.0727. The standard InChI is InChI=1S/C55H39N5S/c1-2-3-14-35-25-27-36(28-26-35)37-29-31-39(32-30-37)54-56-53(38-15-5-4-6-16-38)57-55(58-54)60-47-22-11-8-18-41(47)44-34-33-43-40-17-7-10-21-46(40)59(50(43)51(44)60)48-23-13-20-45-42-19-9-12-24-49(42)61-52(45)48/h4-13,15-34H,2-3,14H2,1H3. The average molecular weight is 802 g/mol. The number of aryl methyl sites for hydroxylation is 1. The first-order chi connectivity index (χ1) is 30.2. The predicted octanol–water partition coefficient (Wildman–Crippen LogP) is 14.8. The van der Waals surface area contributed by atoms with Crippen LogP contribution in [0.15, 0.2) is 182 Å². The molecule has 5 nitrogen and oxygen atoms in total. The monoisotopic (exact) mass is 801 g/mol. The first kappa shape index (κ1) is 35.5. The molecule has 4 heterocycles. The van der Waals surface area contributed by atoms with Crippen molar-refractivity contribution in [1.82, 2.24) is 24.1 Å². The largest absolute Gasteiger partial charge is 0.306 e. The number of benzene rings is 8. The molecule has 0 aliphatic heterocycles. The number of fused-ring (bicyclic) bond motifs is 10. The lowest BCUT2D eigenvalue weighted by Gasteiger charge is -2.14. The van der Waals surface area contributed by atoms with Gasteiger partial charge in [0.2, 0.25) is 5.95 Å². The molecule has 0 bridgehead atoms. The van der Waals surface area contributed by atoms with Crippen molar-refractivity contribution < 1.29 is 0 Å². The summed E-state index contributed by atoms with van der Waals surface area (Å²) >= 11 is 1.86. The van der Waals surface area contributed by atoms with Crippen molar-refractivity contribution in [2.24, 2.45) is 0 Å². The molecule has 0 saturated carbocycles. The maximum atomic E-state index is 5.39. The first-order valence-electron chi connectivity index (χ1n) is 21.1. The molecule has 12 rings (SSSR count). The summed E-state index contributed by atoms with van der Waals surface area (Å²) in [7, 11) is 0. The van der Waals surface area contributed by atoms with Crippen LogP contribution in [-0.4, -0.2) is 24.1 Å². The Bertz CT molecular complexity index is 3610. The van der Waals surface area contributed by atoms with E-state index in [9.17, 15) is 0 Å². The molecule has 61 heavy (non-hydrogen) atoms. The van der Waals surface area contributed by atoms with Gasteiger partial charge >= 0.3 is 0 Å². The van der Waals surface area contributed by atoms with Crippen molar-refractivity contribution in [3.63, 3.8) is 0 Å². The van der Waals surface area contributed by atoms with Gasteiger partial charge in [-0.2, -0.15) is 9.97 Å². The molecule has 0 N–H and O–H groups in total. The molecule has 8 aromatic carbocycles. The molecule has 0 saturated heterocycles. The zero-order chi connectivity index (χ0) is 40.4. The third-order valence-corrected chi connectivity index (χ3v) is 13.4. The van der Waals surface area contributed by atoms with Gasteiger partial charge in [-0.15, -0.1) is 11.3 Å². The van der Waals surface area contributed by atoms with Gasteiger partial charge in [0.05, 0.1) is 32.5 Å². The number of nitrogens with zero attached hydrogens (tertiary/aromatic N) is 5. The molecule has 12 aromatic rings. The lowest BCUT2D eigenvalue weighted by atomic mass is 10.0. The Hall–Kier alpha value is -7.41. The van der Waals surface area contributed by atoms with E-state index in [0.717, 1.165) is 61.6 Å². The summed E-state index contributed by atoms with van der Waals surface area (Å²) in [6, 6.07) is 65.3. The van der Waals surface area contributed by atoms with Gasteiger partial charge in [0.25, 0.3) is 0 Å². The third-order valence-electron chi connectivity index (χ3n) is 12.2. The van der Waals surface area contributed by atoms with Crippen molar-refractivity contribution in [1.29, 1.82) is 0 Å². The summed E-state index contributed by atoms with van der Waals surface area (Å²) < 4.78 is 7.30. The predicted molar refractivity (Wildman–Crippen MR) is 256 cm³/mol. The molecular weight excluding hydrogens is 763 g/mol. The fourth-order valence-electron chi connectivity index (χ4n) is 9.23. The minimum atomic E-state index is 0.575. The number of unbranched alkanes of at least 4 members (excludes halogenated alkanes) is 1. The van der Waals surface area contributed by atoms with Crippen molar-refractivity contribution >= 4 is 75.1 Å². The highest BCUT2D eigenvalue weighted by atomic mass is 32.1. The van der Waals surface area contributed by atoms with E-state index in [1.165, 1.54) is 54.9 Å². The van der Waals surface area contributed by atoms with Gasteiger partial charge < -0.3 is 4.57 Å². The number of hydrogen-bond donors (Lipinski definition) is 0. The van der Waals surface area contributed by atoms with E-state index in [1.807, 2.05) is 29.5 Å². The Kier molecular flexibility index (Phi) is 8.39. The van der Waals surface area contributed by atoms with Crippen LogP contribution < -0.4 is 0 Å². The average Bonchev–Trinajstić information content (AvgIpc) is 3.99. The van der Waals surface area contributed by atoms with Gasteiger partial charge in [0.1, 0.15) is 0 Å². The molecule has 6 heteroatoms. The summed E-state index contributed by atoms with van der Waals surface area (Å²) in [5.74, 6) is 1.83. The van der Waals surface area contributed by atoms with Crippen LogP contribution in [0.2, 0.25) is 0 Å². The summed E-state index contributed by atoms with van der Waals surface area (Å²) in [5.41, 5.74) is 11.1. The molecule has 4 aromatic heterocycles. The molecule has 0 amide bonds. The van der Waals surface area contributed by atoms with E-state index in [1.54, 1.807) is 0 Å². The quantitative estimate of drug-likeness (QED) is 0.154. The number of para-hydroxylation sites is 2. The Morgan fingerprint density at radius 2 is 0.967 bits per heavy atom. The summed E-state index contributed by atoms with van der Waals surface area (Å²) in [6.45, 7) is 2.24. The number of hydrogen-bond acceptors (Lipinski definition) is 4. The van der Waals surface area contributed by atoms with E-state index in [-0.39, 0.29) is 0 Å². The Labute approximate surface area is 356 Å². The zero-order valence-electron chi connectivity index (χ0n) is 33.6. The van der Waals surface area contributed by atoms with Crippen LogP contribution in [0.5, 0.6) is 0 Å². The third kappa shape index (κ3) is 5.78. The normalized spacial score (nSPS) is 11.9. The highest BCUT2D eigenvalue weighted by Crippen LogP contribution is 2.44. The highest BCUT2D eigenvalue weighted by molar-refractivity contribution is 7.26. The maximum Gasteiger partial charge on any atom is 0.238 e. The summed E-state index contributed by atoms with van der Waals surface area (Å²) in [6.07, 6.45) is 3.52. The van der Waals surface area contributed by atoms with Gasteiger partial charge in [-0.05, 0) is 53.8 Å². The van der Waals surface area contributed by atoms with Crippen LogP contribution in [-0.2, 0) is 6.42 Å². The van der Waals surface area contributed by atoms with Gasteiger partial charge in [-0.1, -0.05) is 171 Å². The van der Waals surface area contributed by atoms with Gasteiger partial charge in [0.15, 0.2) is 11.6 Å². The highest BCUT2D eigenvalue weighted by Gasteiger charge is 2.24. The second-order valence-corrected chi connectivity index (χ2v) is 16.9. The Balaban J connectivity index is 1.13. The minimum absolute atomic E-state index is 0.575. The molecule has 0 unspecified atom stereocenters. The van der Waals surface area contributed by atoms with Crippen LogP contribution in [0.1, 0.15) is 25.3 Å². The summed E-state index contributed by atoms with van der Waals surface area (Å²) in [5, 5.41) is 7.21. The van der Waals surface area contributed by atoms with E-state index in [4.69, 9.17) is 15.0 Å². The fourth-order valence-corrected chi connectivity index (χ4v) is 10.4. The Morgan fingerprint density at radius 1 is 0.426 bits per heavy atom. The Morgan fingerprint density at radius 3 is 1.66 bits per heavy atom. The number of thiophene rings is 1. The second-order valence-electron chi connectivity index (χ2n) is 15.8. The van der Waals surface area contributed by atoms with Crippen molar-refractivity contribution in [3.05, 3.63) is 188 Å². The lowest BCUT2D eigenvalue weighted by Crippen LogP contribution is -2.07. The van der Waals surface area contributed by atoms with Crippen molar-refractivity contribution in [3.8, 4) is 45.5 Å². The molecule has 0 fully saturated rings. The second kappa shape index (κ2) is 14.4. The molecule has 0 radical (unpaired) electrons. The SMILES string of the molecule is CCCCc1ccc(-c2ccc(-c3nc(-c4ccccc4)nc(-n4c5ccccc5c5ccc6c7ccccc7n(-c7cccc8c7sc7ccccc78)c6c54)n3)cc2)cc1. The maximum absolute atomic E-state index is 5.39. The van der Waals surface area contributed by atoms with Gasteiger partial charge in [-0.3, -0.25) is 4.57 Å². The van der Waals surface area contributed by atoms with Crippen molar-refractivity contribution in [2.45, 2.75) is 26.2 Å². The van der Waals surface area contributed by atoms with Crippen LogP contribution in [0.4, 0.5) is 0 Å².